The van der Waals surface area contributed by atoms with Crippen molar-refractivity contribution in [3.05, 3.63) is 66.2 Å². The molecular weight excluding hydrogens is 534 g/mol. The Bertz CT molecular complexity index is 1490. The number of fused-ring (bicyclic) bond motifs is 2. The van der Waals surface area contributed by atoms with Gasteiger partial charge in [0.15, 0.2) is 17.9 Å². The van der Waals surface area contributed by atoms with Crippen LogP contribution in [-0.2, 0) is 14.2 Å². The lowest BCUT2D eigenvalue weighted by atomic mass is 10.1. The molecule has 2 aromatic heterocycles. The van der Waals surface area contributed by atoms with Gasteiger partial charge in [0.05, 0.1) is 6.33 Å². The Balaban J connectivity index is 1.23. The quantitative estimate of drug-likeness (QED) is 0.350. The molecule has 41 heavy (non-hydrogen) atoms. The summed E-state index contributed by atoms with van der Waals surface area (Å²) in [4.78, 5) is 37.4. The predicted molar refractivity (Wildman–Crippen MR) is 145 cm³/mol. The van der Waals surface area contributed by atoms with E-state index in [2.05, 4.69) is 30.9 Å². The summed E-state index contributed by atoms with van der Waals surface area (Å²) in [5.74, 6) is -1.17. The molecule has 0 saturated carbocycles. The number of carboxylic acid groups (broad SMARTS) is 1. The summed E-state index contributed by atoms with van der Waals surface area (Å²) in [7, 11) is 0. The van der Waals surface area contributed by atoms with Gasteiger partial charge in [0.1, 0.15) is 48.2 Å². The van der Waals surface area contributed by atoms with E-state index in [1.54, 1.807) is 23.0 Å². The normalized spacial score (nSPS) is 25.8. The number of para-hydroxylation sites is 1. The number of aromatic carboxylic acids is 1. The van der Waals surface area contributed by atoms with Crippen molar-refractivity contribution in [1.29, 1.82) is 0 Å². The Morgan fingerprint density at radius 3 is 2.66 bits per heavy atom. The number of aromatic nitrogens is 3. The van der Waals surface area contributed by atoms with Gasteiger partial charge < -0.3 is 34.7 Å². The molecule has 5 heterocycles. The third kappa shape index (κ3) is 5.31. The van der Waals surface area contributed by atoms with Crippen molar-refractivity contribution in [3.63, 3.8) is 0 Å². The Kier molecular flexibility index (Phi) is 6.81. The number of nitrogens with zero attached hydrogens (tertiary/aromatic N) is 4. The van der Waals surface area contributed by atoms with Crippen LogP contribution in [0.15, 0.2) is 60.0 Å². The van der Waals surface area contributed by atoms with Crippen molar-refractivity contribution < 1.29 is 33.6 Å². The number of urea groups is 1. The molecule has 3 aliphatic rings. The fourth-order valence-electron chi connectivity index (χ4n) is 5.08. The average molecular weight is 564 g/mol. The number of ether oxygens (including phenoxy) is 4. The van der Waals surface area contributed by atoms with Crippen LogP contribution < -0.4 is 20.7 Å². The van der Waals surface area contributed by atoms with Crippen LogP contribution in [0.2, 0.25) is 0 Å². The first-order valence-electron chi connectivity index (χ1n) is 13.1. The molecule has 3 aromatic rings. The van der Waals surface area contributed by atoms with Crippen molar-refractivity contribution in [2.75, 3.05) is 17.2 Å². The number of amides is 2. The van der Waals surface area contributed by atoms with Gasteiger partial charge in [-0.2, -0.15) is 0 Å². The van der Waals surface area contributed by atoms with E-state index in [0.29, 0.717) is 23.0 Å². The second kappa shape index (κ2) is 10.5. The topological polar surface area (TPSA) is 170 Å². The smallest absolute Gasteiger partial charge is 0.341 e. The summed E-state index contributed by atoms with van der Waals surface area (Å²) in [5, 5.41) is 18.3. The fraction of sp³-hybridized carbons (Fsp3) is 0.370. The zero-order chi connectivity index (χ0) is 28.7. The Labute approximate surface area is 234 Å². The second-order valence-corrected chi connectivity index (χ2v) is 10.2. The molecule has 5 unspecified atom stereocenters. The summed E-state index contributed by atoms with van der Waals surface area (Å²) in [5.41, 5.74) is 1.02. The van der Waals surface area contributed by atoms with Gasteiger partial charge in [-0.1, -0.05) is 18.2 Å². The molecule has 2 fully saturated rings. The summed E-state index contributed by atoms with van der Waals surface area (Å²) >= 11 is 0. The maximum Gasteiger partial charge on any atom is 0.341 e. The van der Waals surface area contributed by atoms with E-state index in [1.165, 1.54) is 18.3 Å². The number of hydrogen-bond acceptors (Lipinski definition) is 10. The average Bonchev–Trinajstić information content (AvgIpc) is 3.58. The molecule has 2 amide bonds. The lowest BCUT2D eigenvalue weighted by Gasteiger charge is -2.27. The van der Waals surface area contributed by atoms with Crippen molar-refractivity contribution in [1.82, 2.24) is 19.9 Å². The summed E-state index contributed by atoms with van der Waals surface area (Å²) < 4.78 is 26.4. The standard InChI is InChI=1S/C27H29N7O7/c1-14-30-21(33-26(37)32-15-8-5-4-6-9-15)18-22(31-14)34(13-29-18)24-20-19(40-27(2,3)41-20)17(39-24)12-38-23-16(25(35)36)10-7-11-28-23/h4-11,13-14,17,19-20,24,31H,12H2,1-3H3,(H,35,36)(H2,30,32,33,37). The number of carbonyl (C=O) groups excluding carboxylic acids is 1. The van der Waals surface area contributed by atoms with Crippen LogP contribution in [-0.4, -0.2) is 74.3 Å². The number of pyridine rings is 1. The Hall–Kier alpha value is -4.53. The molecule has 0 spiro atoms. The van der Waals surface area contributed by atoms with Crippen LogP contribution in [0, 0.1) is 0 Å². The number of imidazole rings is 1. The minimum absolute atomic E-state index is 0.0158. The van der Waals surface area contributed by atoms with Gasteiger partial charge in [-0.3, -0.25) is 9.88 Å². The molecular formula is C27H29N7O7. The molecule has 4 N–H and O–H groups in total. The van der Waals surface area contributed by atoms with Gasteiger partial charge in [0.25, 0.3) is 0 Å². The van der Waals surface area contributed by atoms with E-state index in [-0.39, 0.29) is 24.2 Å². The van der Waals surface area contributed by atoms with E-state index in [0.717, 1.165) is 0 Å². The number of benzene rings is 1. The van der Waals surface area contributed by atoms with Crippen LogP contribution in [0.25, 0.3) is 0 Å². The first-order valence-corrected chi connectivity index (χ1v) is 13.1. The lowest BCUT2D eigenvalue weighted by Crippen LogP contribution is -2.39. The number of anilines is 2. The first kappa shape index (κ1) is 26.7. The predicted octanol–water partition coefficient (Wildman–Crippen LogP) is 2.81. The highest BCUT2D eigenvalue weighted by atomic mass is 16.8. The summed E-state index contributed by atoms with van der Waals surface area (Å²) in [6.07, 6.45) is 0.324. The molecule has 5 atom stereocenters. The van der Waals surface area contributed by atoms with Crippen LogP contribution in [0.4, 0.5) is 16.3 Å². The molecule has 0 bridgehead atoms. The Morgan fingerprint density at radius 2 is 1.88 bits per heavy atom. The largest absolute Gasteiger partial charge is 0.477 e. The van der Waals surface area contributed by atoms with E-state index in [1.807, 2.05) is 39.0 Å². The van der Waals surface area contributed by atoms with Gasteiger partial charge in [0, 0.05) is 11.9 Å². The highest BCUT2D eigenvalue weighted by Crippen LogP contribution is 2.44. The van der Waals surface area contributed by atoms with Gasteiger partial charge in [-0.25, -0.2) is 24.5 Å². The van der Waals surface area contributed by atoms with E-state index < -0.39 is 42.3 Å². The van der Waals surface area contributed by atoms with Gasteiger partial charge >= 0.3 is 12.0 Å². The van der Waals surface area contributed by atoms with Crippen molar-refractivity contribution in [2.45, 2.75) is 57.3 Å². The highest BCUT2D eigenvalue weighted by Gasteiger charge is 2.56. The summed E-state index contributed by atoms with van der Waals surface area (Å²) in [6.45, 7) is 5.44. The molecule has 214 valence electrons. The van der Waals surface area contributed by atoms with E-state index in [9.17, 15) is 14.7 Å². The molecule has 6 rings (SSSR count). The molecule has 1 aromatic carbocycles. The number of carboxylic acids is 1. The van der Waals surface area contributed by atoms with Gasteiger partial charge in [-0.15, -0.1) is 0 Å². The second-order valence-electron chi connectivity index (χ2n) is 10.2. The minimum atomic E-state index is -1.15. The van der Waals surface area contributed by atoms with Gasteiger partial charge in [-0.05, 0) is 45.0 Å². The molecule has 14 nitrogen and oxygen atoms in total. The van der Waals surface area contributed by atoms with Crippen molar-refractivity contribution in [3.8, 4) is 5.88 Å². The number of nitrogens with one attached hydrogen (secondary N) is 3. The maximum atomic E-state index is 12.7. The maximum absolute atomic E-state index is 12.7. The van der Waals surface area contributed by atoms with Crippen LogP contribution in [0.1, 0.15) is 43.1 Å². The van der Waals surface area contributed by atoms with Crippen molar-refractivity contribution in [2.24, 2.45) is 4.99 Å². The van der Waals surface area contributed by atoms with E-state index >= 15 is 0 Å². The summed E-state index contributed by atoms with van der Waals surface area (Å²) in [6, 6.07) is 11.6. The van der Waals surface area contributed by atoms with Crippen molar-refractivity contribution >= 4 is 29.3 Å². The number of hydrogen-bond donors (Lipinski definition) is 4. The first-order chi connectivity index (χ1) is 19.7. The molecule has 14 heteroatoms. The zero-order valence-corrected chi connectivity index (χ0v) is 22.5. The molecule has 0 radical (unpaired) electrons. The number of rotatable bonds is 6. The number of aliphatic imine (C=N–C) groups is 1. The SMILES string of the molecule is CC1N=C(NC(=O)Nc2ccccc2)c2ncn(C3OC(COc4ncccc4C(=O)O)C4OC(C)(C)OC43)c2N1. The van der Waals surface area contributed by atoms with Gasteiger partial charge in [0.2, 0.25) is 5.88 Å². The number of carbonyl (C=O) groups is 2. The molecule has 2 saturated heterocycles. The third-order valence-electron chi connectivity index (χ3n) is 6.74. The monoisotopic (exact) mass is 563 g/mol. The van der Waals surface area contributed by atoms with Crippen LogP contribution >= 0.6 is 0 Å². The lowest BCUT2D eigenvalue weighted by molar-refractivity contribution is -0.199. The molecule has 3 aliphatic heterocycles. The van der Waals surface area contributed by atoms with Crippen LogP contribution in [0.5, 0.6) is 5.88 Å². The highest BCUT2D eigenvalue weighted by molar-refractivity contribution is 6.12. The Morgan fingerprint density at radius 1 is 1.10 bits per heavy atom. The number of amidine groups is 1. The third-order valence-corrected chi connectivity index (χ3v) is 6.74. The zero-order valence-electron chi connectivity index (χ0n) is 22.5. The van der Waals surface area contributed by atoms with E-state index in [4.69, 9.17) is 18.9 Å². The molecule has 0 aliphatic carbocycles. The minimum Gasteiger partial charge on any atom is -0.477 e. The fourth-order valence-corrected chi connectivity index (χ4v) is 5.08. The van der Waals surface area contributed by atoms with Crippen LogP contribution in [0.3, 0.4) is 0 Å².